The molecule has 0 bridgehead atoms. The molecular weight excluding hydrogens is 443 g/mol. The number of nitrogens with zero attached hydrogens (tertiary/aromatic N) is 1. The molecule has 0 saturated heterocycles. The van der Waals surface area contributed by atoms with Crippen LogP contribution in [-0.4, -0.2) is 28.8 Å². The summed E-state index contributed by atoms with van der Waals surface area (Å²) < 4.78 is 0. The predicted octanol–water partition coefficient (Wildman–Crippen LogP) is 6.10. The second kappa shape index (κ2) is 11.7. The van der Waals surface area contributed by atoms with Crippen LogP contribution in [0.4, 0.5) is 0 Å². The molecule has 32 heavy (non-hydrogen) atoms. The van der Waals surface area contributed by atoms with Crippen molar-refractivity contribution in [2.45, 2.75) is 77.4 Å². The van der Waals surface area contributed by atoms with Crippen molar-refractivity contribution < 1.29 is 9.59 Å². The van der Waals surface area contributed by atoms with Crippen molar-refractivity contribution in [1.29, 1.82) is 0 Å². The molecule has 0 unspecified atom stereocenters. The third-order valence-electron chi connectivity index (χ3n) is 6.33. The summed E-state index contributed by atoms with van der Waals surface area (Å²) in [5.74, 6) is -0.207. The van der Waals surface area contributed by atoms with Crippen LogP contribution in [0, 0.1) is 6.92 Å². The zero-order chi connectivity index (χ0) is 23.1. The van der Waals surface area contributed by atoms with Crippen LogP contribution in [0.25, 0.3) is 0 Å². The normalized spacial score (nSPS) is 15.2. The van der Waals surface area contributed by atoms with Gasteiger partial charge in [-0.2, -0.15) is 0 Å². The fourth-order valence-corrected chi connectivity index (χ4v) is 4.91. The standard InChI is InChI=1S/C26H32Cl2N2O2/c1-3-24(26(32)29-20-12-5-4-6-13-20)30(17-21-22(27)14-9-15-23(21)28)25(31)16-19-11-8-7-10-18(19)2/h7-11,14-15,20,24H,3-6,12-13,16-17H2,1-2H3,(H,29,32)/t24-/m0/s1. The van der Waals surface area contributed by atoms with Crippen LogP contribution in [0.15, 0.2) is 42.5 Å². The van der Waals surface area contributed by atoms with Gasteiger partial charge in [0, 0.05) is 28.2 Å². The third-order valence-corrected chi connectivity index (χ3v) is 7.04. The number of amides is 2. The molecule has 4 nitrogen and oxygen atoms in total. The Balaban J connectivity index is 1.87. The number of carbonyl (C=O) groups is 2. The highest BCUT2D eigenvalue weighted by Crippen LogP contribution is 2.28. The van der Waals surface area contributed by atoms with Crippen molar-refractivity contribution in [3.8, 4) is 0 Å². The van der Waals surface area contributed by atoms with Gasteiger partial charge < -0.3 is 10.2 Å². The Morgan fingerprint density at radius 2 is 1.69 bits per heavy atom. The largest absolute Gasteiger partial charge is 0.352 e. The second-order valence-corrected chi connectivity index (χ2v) is 9.41. The summed E-state index contributed by atoms with van der Waals surface area (Å²) in [6, 6.07) is 12.7. The van der Waals surface area contributed by atoms with Crippen LogP contribution in [0.1, 0.15) is 62.1 Å². The van der Waals surface area contributed by atoms with Gasteiger partial charge in [0.15, 0.2) is 0 Å². The summed E-state index contributed by atoms with van der Waals surface area (Å²) in [6.07, 6.45) is 6.21. The maximum Gasteiger partial charge on any atom is 0.243 e. The SMILES string of the molecule is CC[C@@H](C(=O)NC1CCCCC1)N(Cc1c(Cl)cccc1Cl)C(=O)Cc1ccccc1C. The van der Waals surface area contributed by atoms with E-state index in [1.54, 1.807) is 23.1 Å². The molecule has 1 fully saturated rings. The Labute approximate surface area is 201 Å². The van der Waals surface area contributed by atoms with Gasteiger partial charge in [0.1, 0.15) is 6.04 Å². The van der Waals surface area contributed by atoms with E-state index in [1.807, 2.05) is 38.1 Å². The molecule has 0 heterocycles. The third kappa shape index (κ3) is 6.26. The van der Waals surface area contributed by atoms with Crippen LogP contribution >= 0.6 is 23.2 Å². The molecule has 2 amide bonds. The van der Waals surface area contributed by atoms with E-state index >= 15 is 0 Å². The number of rotatable bonds is 8. The molecule has 1 N–H and O–H groups in total. The highest BCUT2D eigenvalue weighted by Gasteiger charge is 2.31. The fourth-order valence-electron chi connectivity index (χ4n) is 4.39. The van der Waals surface area contributed by atoms with E-state index in [2.05, 4.69) is 5.32 Å². The van der Waals surface area contributed by atoms with Crippen LogP contribution in [0.3, 0.4) is 0 Å². The summed E-state index contributed by atoms with van der Waals surface area (Å²) in [5.41, 5.74) is 2.67. The summed E-state index contributed by atoms with van der Waals surface area (Å²) >= 11 is 12.8. The predicted molar refractivity (Wildman–Crippen MR) is 131 cm³/mol. The van der Waals surface area contributed by atoms with E-state index in [0.29, 0.717) is 22.0 Å². The topological polar surface area (TPSA) is 49.4 Å². The lowest BCUT2D eigenvalue weighted by molar-refractivity contribution is -0.141. The van der Waals surface area contributed by atoms with Crippen molar-refractivity contribution in [3.05, 3.63) is 69.2 Å². The number of benzene rings is 2. The summed E-state index contributed by atoms with van der Waals surface area (Å²) in [5, 5.41) is 4.19. The second-order valence-electron chi connectivity index (χ2n) is 8.59. The van der Waals surface area contributed by atoms with Gasteiger partial charge in [-0.15, -0.1) is 0 Å². The van der Waals surface area contributed by atoms with Gasteiger partial charge in [0.05, 0.1) is 6.42 Å². The molecule has 2 aromatic rings. The zero-order valence-electron chi connectivity index (χ0n) is 18.9. The van der Waals surface area contributed by atoms with Crippen molar-refractivity contribution in [3.63, 3.8) is 0 Å². The molecule has 1 aliphatic carbocycles. The lowest BCUT2D eigenvalue weighted by Gasteiger charge is -2.33. The molecular formula is C26H32Cl2N2O2. The molecule has 2 aromatic carbocycles. The molecule has 172 valence electrons. The Morgan fingerprint density at radius 3 is 2.31 bits per heavy atom. The Morgan fingerprint density at radius 1 is 1.03 bits per heavy atom. The van der Waals surface area contributed by atoms with Gasteiger partial charge in [-0.3, -0.25) is 9.59 Å². The molecule has 6 heteroatoms. The summed E-state index contributed by atoms with van der Waals surface area (Å²) in [7, 11) is 0. The van der Waals surface area contributed by atoms with Gasteiger partial charge in [-0.25, -0.2) is 0 Å². The highest BCUT2D eigenvalue weighted by molar-refractivity contribution is 6.36. The van der Waals surface area contributed by atoms with Crippen LogP contribution in [0.2, 0.25) is 10.0 Å². The maximum absolute atomic E-state index is 13.5. The fraction of sp³-hybridized carbons (Fsp3) is 0.462. The number of hydrogen-bond donors (Lipinski definition) is 1. The van der Waals surface area contributed by atoms with Gasteiger partial charge >= 0.3 is 0 Å². The molecule has 1 aliphatic rings. The van der Waals surface area contributed by atoms with Crippen LogP contribution < -0.4 is 5.32 Å². The minimum absolute atomic E-state index is 0.0966. The molecule has 0 aliphatic heterocycles. The first kappa shape index (κ1) is 24.6. The van der Waals surface area contributed by atoms with Crippen molar-refractivity contribution in [1.82, 2.24) is 10.2 Å². The molecule has 1 atom stereocenters. The average molecular weight is 475 g/mol. The first-order chi connectivity index (χ1) is 15.4. The lowest BCUT2D eigenvalue weighted by Crippen LogP contribution is -2.52. The van der Waals surface area contributed by atoms with Crippen molar-refractivity contribution in [2.24, 2.45) is 0 Å². The van der Waals surface area contributed by atoms with E-state index in [-0.39, 0.29) is 30.8 Å². The number of carbonyl (C=O) groups excluding carboxylic acids is 2. The lowest BCUT2D eigenvalue weighted by atomic mass is 9.95. The quantitative estimate of drug-likeness (QED) is 0.502. The summed E-state index contributed by atoms with van der Waals surface area (Å²) in [6.45, 7) is 4.12. The first-order valence-corrected chi connectivity index (χ1v) is 12.2. The first-order valence-electron chi connectivity index (χ1n) is 11.5. The number of nitrogens with one attached hydrogen (secondary N) is 1. The molecule has 0 spiro atoms. The molecule has 3 rings (SSSR count). The Bertz CT molecular complexity index is 921. The van der Waals surface area contributed by atoms with E-state index in [9.17, 15) is 9.59 Å². The minimum atomic E-state index is -0.583. The van der Waals surface area contributed by atoms with Gasteiger partial charge in [-0.05, 0) is 49.4 Å². The molecule has 1 saturated carbocycles. The Kier molecular flexibility index (Phi) is 9.01. The number of halogens is 2. The van der Waals surface area contributed by atoms with Gasteiger partial charge in [0.2, 0.25) is 11.8 Å². The van der Waals surface area contributed by atoms with Crippen LogP contribution in [-0.2, 0) is 22.6 Å². The highest BCUT2D eigenvalue weighted by atomic mass is 35.5. The van der Waals surface area contributed by atoms with E-state index in [1.165, 1.54) is 6.42 Å². The number of aryl methyl sites for hydroxylation is 1. The average Bonchev–Trinajstić information content (AvgIpc) is 2.77. The van der Waals surface area contributed by atoms with Crippen LogP contribution in [0.5, 0.6) is 0 Å². The Hall–Kier alpha value is -2.04. The van der Waals surface area contributed by atoms with E-state index in [0.717, 1.165) is 36.8 Å². The number of hydrogen-bond acceptors (Lipinski definition) is 2. The molecule has 0 radical (unpaired) electrons. The van der Waals surface area contributed by atoms with E-state index in [4.69, 9.17) is 23.2 Å². The van der Waals surface area contributed by atoms with Crippen molar-refractivity contribution in [2.75, 3.05) is 0 Å². The van der Waals surface area contributed by atoms with E-state index < -0.39 is 6.04 Å². The van der Waals surface area contributed by atoms with Gasteiger partial charge in [0.25, 0.3) is 0 Å². The maximum atomic E-state index is 13.5. The summed E-state index contributed by atoms with van der Waals surface area (Å²) in [4.78, 5) is 28.5. The zero-order valence-corrected chi connectivity index (χ0v) is 20.4. The molecule has 0 aromatic heterocycles. The monoisotopic (exact) mass is 474 g/mol. The van der Waals surface area contributed by atoms with Crippen molar-refractivity contribution >= 4 is 35.0 Å². The van der Waals surface area contributed by atoms with Gasteiger partial charge in [-0.1, -0.05) is 79.7 Å². The minimum Gasteiger partial charge on any atom is -0.352 e. The smallest absolute Gasteiger partial charge is 0.243 e.